The van der Waals surface area contributed by atoms with Crippen LogP contribution in [0.15, 0.2) is 65.7 Å². The van der Waals surface area contributed by atoms with E-state index in [-0.39, 0.29) is 17.9 Å². The second-order valence-corrected chi connectivity index (χ2v) is 10.0. The Morgan fingerprint density at radius 2 is 1.69 bits per heavy atom. The lowest BCUT2D eigenvalue weighted by Crippen LogP contribution is -2.27. The number of rotatable bonds is 9. The Hall–Kier alpha value is -3.29. The van der Waals surface area contributed by atoms with Gasteiger partial charge in [0.15, 0.2) is 0 Å². The molecule has 7 heteroatoms. The van der Waals surface area contributed by atoms with Crippen molar-refractivity contribution in [2.75, 3.05) is 0 Å². The van der Waals surface area contributed by atoms with Crippen LogP contribution in [0.3, 0.4) is 0 Å². The fraction of sp³-hybridized carbons (Fsp3) is 0.321. The van der Waals surface area contributed by atoms with Crippen molar-refractivity contribution in [2.45, 2.75) is 58.4 Å². The zero-order valence-electron chi connectivity index (χ0n) is 19.7. The van der Waals surface area contributed by atoms with Crippen LogP contribution in [0.1, 0.15) is 46.4 Å². The number of carbonyl (C=O) groups excluding carboxylic acids is 1. The Bertz CT molecular complexity index is 1360. The number of thiophene rings is 1. The maximum absolute atomic E-state index is 13.0. The summed E-state index contributed by atoms with van der Waals surface area (Å²) in [7, 11) is 0. The first-order chi connectivity index (χ1) is 17.2. The first kappa shape index (κ1) is 23.5. The van der Waals surface area contributed by atoms with Gasteiger partial charge in [-0.2, -0.15) is 0 Å². The highest BCUT2D eigenvalue weighted by atomic mass is 32.1. The van der Waals surface area contributed by atoms with Crippen molar-refractivity contribution >= 4 is 27.5 Å². The number of ether oxygens (including phenoxy) is 1. The second kappa shape index (κ2) is 11.0. The van der Waals surface area contributed by atoms with E-state index in [1.807, 2.05) is 54.6 Å². The highest BCUT2D eigenvalue weighted by molar-refractivity contribution is 7.18. The standard InChI is InChI=1S/C28H29N3O3S/c32-25(14-15-31-19-30-27-26(28(31)33)23-8-4-5-9-24(23)35-27)29-16-20-10-12-22(13-11-20)18-34-17-21-6-2-1-3-7-21/h1-3,6-7,10-13,19H,4-5,8-9,14-18H2,(H,29,32). The van der Waals surface area contributed by atoms with E-state index in [1.165, 1.54) is 16.9 Å². The van der Waals surface area contributed by atoms with Gasteiger partial charge in [-0.3, -0.25) is 14.2 Å². The van der Waals surface area contributed by atoms with Crippen molar-refractivity contribution in [1.82, 2.24) is 14.9 Å². The van der Waals surface area contributed by atoms with E-state index < -0.39 is 0 Å². The quantitative estimate of drug-likeness (QED) is 0.369. The summed E-state index contributed by atoms with van der Waals surface area (Å²) < 4.78 is 7.35. The molecule has 0 fully saturated rings. The number of amides is 1. The van der Waals surface area contributed by atoms with Gasteiger partial charge in [-0.25, -0.2) is 4.98 Å². The average molecular weight is 488 g/mol. The van der Waals surface area contributed by atoms with E-state index in [4.69, 9.17) is 4.74 Å². The first-order valence-electron chi connectivity index (χ1n) is 12.1. The Labute approximate surface area is 208 Å². The summed E-state index contributed by atoms with van der Waals surface area (Å²) in [5, 5.41) is 3.72. The number of hydrogen-bond acceptors (Lipinski definition) is 5. The number of benzene rings is 2. The average Bonchev–Trinajstić information content (AvgIpc) is 3.28. The summed E-state index contributed by atoms with van der Waals surface area (Å²) in [6, 6.07) is 18.2. The normalized spacial score (nSPS) is 13.0. The molecular formula is C28H29N3O3S. The molecule has 1 aliphatic rings. The number of aryl methyl sites for hydroxylation is 3. The largest absolute Gasteiger partial charge is 0.372 e. The number of nitrogens with zero attached hydrogens (tertiary/aromatic N) is 2. The molecule has 5 rings (SSSR count). The van der Waals surface area contributed by atoms with Crippen molar-refractivity contribution in [3.8, 4) is 0 Å². The Morgan fingerprint density at radius 3 is 2.49 bits per heavy atom. The predicted molar refractivity (Wildman–Crippen MR) is 138 cm³/mol. The predicted octanol–water partition coefficient (Wildman–Crippen LogP) is 4.76. The molecule has 2 aromatic heterocycles. The molecule has 2 heterocycles. The minimum Gasteiger partial charge on any atom is -0.372 e. The third-order valence-electron chi connectivity index (χ3n) is 6.41. The highest BCUT2D eigenvalue weighted by Gasteiger charge is 2.20. The van der Waals surface area contributed by atoms with Crippen LogP contribution in [0.2, 0.25) is 0 Å². The Balaban J connectivity index is 1.10. The van der Waals surface area contributed by atoms with Gasteiger partial charge in [0.1, 0.15) is 4.83 Å². The smallest absolute Gasteiger partial charge is 0.262 e. The van der Waals surface area contributed by atoms with Gasteiger partial charge in [-0.1, -0.05) is 54.6 Å². The third kappa shape index (κ3) is 5.69. The Kier molecular flexibility index (Phi) is 7.35. The number of hydrogen-bond donors (Lipinski definition) is 1. The molecule has 0 saturated heterocycles. The van der Waals surface area contributed by atoms with Gasteiger partial charge < -0.3 is 10.1 Å². The molecule has 6 nitrogen and oxygen atoms in total. The number of nitrogens with one attached hydrogen (secondary N) is 1. The van der Waals surface area contributed by atoms with Gasteiger partial charge in [0.25, 0.3) is 5.56 Å². The SMILES string of the molecule is O=C(CCn1cnc2sc3c(c2c1=O)CCCC3)NCc1ccc(COCc2ccccc2)cc1. The molecule has 35 heavy (non-hydrogen) atoms. The molecule has 0 saturated carbocycles. The molecule has 4 aromatic rings. The highest BCUT2D eigenvalue weighted by Crippen LogP contribution is 2.33. The van der Waals surface area contributed by atoms with Crippen molar-refractivity contribution in [1.29, 1.82) is 0 Å². The molecule has 2 aromatic carbocycles. The van der Waals surface area contributed by atoms with Crippen LogP contribution in [0.25, 0.3) is 10.2 Å². The van der Waals surface area contributed by atoms with Gasteiger partial charge >= 0.3 is 0 Å². The molecule has 1 N–H and O–H groups in total. The van der Waals surface area contributed by atoms with Gasteiger partial charge in [-0.05, 0) is 47.9 Å². The van der Waals surface area contributed by atoms with Crippen LogP contribution in [0, 0.1) is 0 Å². The monoisotopic (exact) mass is 487 g/mol. The van der Waals surface area contributed by atoms with E-state index in [0.29, 0.717) is 26.3 Å². The zero-order chi connectivity index (χ0) is 24.0. The van der Waals surface area contributed by atoms with Crippen LogP contribution >= 0.6 is 11.3 Å². The van der Waals surface area contributed by atoms with Crippen molar-refractivity contribution in [3.63, 3.8) is 0 Å². The molecule has 1 aliphatic carbocycles. The minimum atomic E-state index is -0.0837. The van der Waals surface area contributed by atoms with E-state index in [2.05, 4.69) is 10.3 Å². The molecule has 0 atom stereocenters. The van der Waals surface area contributed by atoms with E-state index >= 15 is 0 Å². The summed E-state index contributed by atoms with van der Waals surface area (Å²) in [4.78, 5) is 32.1. The zero-order valence-corrected chi connectivity index (χ0v) is 20.5. The summed E-state index contributed by atoms with van der Waals surface area (Å²) >= 11 is 1.65. The topological polar surface area (TPSA) is 73.2 Å². The summed E-state index contributed by atoms with van der Waals surface area (Å²) in [6.45, 7) is 1.91. The Morgan fingerprint density at radius 1 is 0.971 bits per heavy atom. The van der Waals surface area contributed by atoms with E-state index in [9.17, 15) is 9.59 Å². The van der Waals surface area contributed by atoms with Crippen molar-refractivity contribution in [2.24, 2.45) is 0 Å². The van der Waals surface area contributed by atoms with Gasteiger partial charge in [-0.15, -0.1) is 11.3 Å². The fourth-order valence-corrected chi connectivity index (χ4v) is 5.69. The molecule has 0 unspecified atom stereocenters. The molecule has 180 valence electrons. The van der Waals surface area contributed by atoms with Crippen LogP contribution in [0.5, 0.6) is 0 Å². The summed E-state index contributed by atoms with van der Waals surface area (Å²) in [5.74, 6) is -0.0837. The fourth-order valence-electron chi connectivity index (χ4n) is 4.47. The maximum Gasteiger partial charge on any atom is 0.262 e. The molecule has 1 amide bonds. The van der Waals surface area contributed by atoms with Crippen LogP contribution in [0.4, 0.5) is 0 Å². The van der Waals surface area contributed by atoms with E-state index in [1.54, 1.807) is 22.2 Å². The van der Waals surface area contributed by atoms with Crippen LogP contribution in [-0.4, -0.2) is 15.5 Å². The van der Waals surface area contributed by atoms with Crippen LogP contribution < -0.4 is 10.9 Å². The number of aromatic nitrogens is 2. The maximum atomic E-state index is 13.0. The molecule has 0 bridgehead atoms. The summed E-state index contributed by atoms with van der Waals surface area (Å²) in [5.41, 5.74) is 4.43. The van der Waals surface area contributed by atoms with E-state index in [0.717, 1.165) is 46.2 Å². The lowest BCUT2D eigenvalue weighted by molar-refractivity contribution is -0.121. The first-order valence-corrected chi connectivity index (χ1v) is 12.9. The number of carbonyl (C=O) groups is 1. The molecule has 0 spiro atoms. The van der Waals surface area contributed by atoms with Gasteiger partial charge in [0.05, 0.1) is 24.9 Å². The minimum absolute atomic E-state index is 0.0210. The lowest BCUT2D eigenvalue weighted by Gasteiger charge is -2.11. The van der Waals surface area contributed by atoms with Crippen molar-refractivity contribution in [3.05, 3.63) is 98.4 Å². The van der Waals surface area contributed by atoms with Gasteiger partial charge in [0.2, 0.25) is 5.91 Å². The number of fused-ring (bicyclic) bond motifs is 3. The second-order valence-electron chi connectivity index (χ2n) is 8.96. The van der Waals surface area contributed by atoms with Crippen molar-refractivity contribution < 1.29 is 9.53 Å². The third-order valence-corrected chi connectivity index (χ3v) is 7.61. The molecule has 0 aliphatic heterocycles. The van der Waals surface area contributed by atoms with Gasteiger partial charge in [0, 0.05) is 24.4 Å². The van der Waals surface area contributed by atoms with Crippen LogP contribution in [-0.2, 0) is 48.7 Å². The summed E-state index contributed by atoms with van der Waals surface area (Å²) in [6.07, 6.45) is 6.12. The molecule has 0 radical (unpaired) electrons. The lowest BCUT2D eigenvalue weighted by atomic mass is 9.97. The molecular weight excluding hydrogens is 458 g/mol.